The van der Waals surface area contributed by atoms with Crippen LogP contribution in [0.25, 0.3) is 0 Å². The Hall–Kier alpha value is -1.17. The van der Waals surface area contributed by atoms with E-state index in [2.05, 4.69) is 45.2 Å². The summed E-state index contributed by atoms with van der Waals surface area (Å²) in [5.41, 5.74) is 3.83. The lowest BCUT2D eigenvalue weighted by molar-refractivity contribution is -0.213. The second-order valence-electron chi connectivity index (χ2n) is 17.0. The zero-order valence-electron chi connectivity index (χ0n) is 26.9. The Labute approximate surface area is 254 Å². The van der Waals surface area contributed by atoms with E-state index >= 15 is 0 Å². The number of nitrogens with one attached hydrogen (secondary N) is 1. The van der Waals surface area contributed by atoms with Crippen molar-refractivity contribution >= 4 is 5.97 Å². The molecule has 7 aliphatic rings. The molecule has 0 aromatic carbocycles. The Balaban J connectivity index is 1.11. The Kier molecular flexibility index (Phi) is 7.15. The van der Waals surface area contributed by atoms with E-state index in [1.165, 1.54) is 69.8 Å². The van der Waals surface area contributed by atoms with E-state index in [4.69, 9.17) is 4.74 Å². The predicted molar refractivity (Wildman–Crippen MR) is 166 cm³/mol. The van der Waals surface area contributed by atoms with E-state index in [-0.39, 0.29) is 11.5 Å². The molecule has 8 unspecified atom stereocenters. The number of hydrogen-bond donors (Lipinski definition) is 3. The van der Waals surface area contributed by atoms with E-state index < -0.39 is 11.6 Å². The number of ether oxygens (including phenoxy) is 1. The van der Waals surface area contributed by atoms with Gasteiger partial charge in [-0.1, -0.05) is 46.3 Å². The maximum Gasteiger partial charge on any atom is 0.306 e. The van der Waals surface area contributed by atoms with Crippen LogP contribution in [0.15, 0.2) is 23.3 Å². The highest BCUT2D eigenvalue weighted by molar-refractivity contribution is 5.70. The molecule has 6 aliphatic carbocycles. The highest BCUT2D eigenvalue weighted by atomic mass is 16.5. The summed E-state index contributed by atoms with van der Waals surface area (Å²) in [6.07, 6.45) is 21.5. The van der Waals surface area contributed by atoms with Gasteiger partial charge in [0.25, 0.3) is 0 Å². The molecule has 42 heavy (non-hydrogen) atoms. The van der Waals surface area contributed by atoms with Crippen molar-refractivity contribution in [3.63, 3.8) is 0 Å². The number of aliphatic hydroxyl groups is 1. The summed E-state index contributed by atoms with van der Waals surface area (Å²) in [4.78, 5) is 11.5. The molecule has 0 amide bonds. The van der Waals surface area contributed by atoms with Crippen molar-refractivity contribution in [2.45, 2.75) is 129 Å². The SMILES string of the molecule is CC1C(C2=CCC(C(=O)O)CC2)=CCC2(C)C1CC[C@]1(C)C2CCC2C3CCCC3(NCCC3(O)COC3)CC[C@]21C. The van der Waals surface area contributed by atoms with Gasteiger partial charge in [-0.25, -0.2) is 0 Å². The van der Waals surface area contributed by atoms with Crippen molar-refractivity contribution < 1.29 is 19.7 Å². The summed E-state index contributed by atoms with van der Waals surface area (Å²) in [7, 11) is 0. The number of carboxylic acids is 1. The molecule has 234 valence electrons. The minimum atomic E-state index is -0.630. The number of aliphatic carboxylic acids is 1. The van der Waals surface area contributed by atoms with Crippen molar-refractivity contribution in [2.75, 3.05) is 19.8 Å². The second-order valence-corrected chi connectivity index (χ2v) is 17.0. The summed E-state index contributed by atoms with van der Waals surface area (Å²) >= 11 is 0. The molecular weight excluding hydrogens is 522 g/mol. The van der Waals surface area contributed by atoms with Gasteiger partial charge in [-0.15, -0.1) is 0 Å². The van der Waals surface area contributed by atoms with Gasteiger partial charge in [-0.2, -0.15) is 0 Å². The van der Waals surface area contributed by atoms with Crippen LogP contribution in [-0.4, -0.2) is 47.1 Å². The summed E-state index contributed by atoms with van der Waals surface area (Å²) in [6, 6.07) is 0. The Morgan fingerprint density at radius 1 is 0.952 bits per heavy atom. The highest BCUT2D eigenvalue weighted by Crippen LogP contribution is 2.75. The van der Waals surface area contributed by atoms with Gasteiger partial charge in [-0.3, -0.25) is 4.79 Å². The van der Waals surface area contributed by atoms with Crippen molar-refractivity contribution in [2.24, 2.45) is 51.8 Å². The number of fused-ring (bicyclic) bond motifs is 7. The Morgan fingerprint density at radius 3 is 2.45 bits per heavy atom. The van der Waals surface area contributed by atoms with E-state index in [1.807, 2.05) is 0 Å². The average Bonchev–Trinajstić information content (AvgIpc) is 3.37. The van der Waals surface area contributed by atoms with Crippen LogP contribution in [0.3, 0.4) is 0 Å². The third-order valence-electron chi connectivity index (χ3n) is 15.5. The van der Waals surface area contributed by atoms with E-state index in [0.717, 1.165) is 49.5 Å². The third kappa shape index (κ3) is 4.21. The van der Waals surface area contributed by atoms with Crippen LogP contribution in [0.5, 0.6) is 0 Å². The fourth-order valence-corrected chi connectivity index (χ4v) is 12.9. The lowest BCUT2D eigenvalue weighted by atomic mass is 9.34. The second kappa shape index (κ2) is 10.2. The zero-order chi connectivity index (χ0) is 29.5. The number of carbonyl (C=O) groups is 1. The first kappa shape index (κ1) is 29.5. The Morgan fingerprint density at radius 2 is 1.76 bits per heavy atom. The number of allylic oxidation sites excluding steroid dienone is 4. The topological polar surface area (TPSA) is 78.8 Å². The van der Waals surface area contributed by atoms with Crippen molar-refractivity contribution in [3.8, 4) is 0 Å². The van der Waals surface area contributed by atoms with Crippen LogP contribution in [0, 0.1) is 51.8 Å². The van der Waals surface area contributed by atoms with E-state index in [0.29, 0.717) is 41.8 Å². The maximum atomic E-state index is 11.5. The summed E-state index contributed by atoms with van der Waals surface area (Å²) < 4.78 is 5.31. The highest BCUT2D eigenvalue weighted by Gasteiger charge is 2.68. The molecule has 1 heterocycles. The van der Waals surface area contributed by atoms with Gasteiger partial charge >= 0.3 is 5.97 Å². The number of carboxylic acid groups (broad SMARTS) is 1. The monoisotopic (exact) mass is 579 g/mol. The molecule has 1 saturated heterocycles. The Bertz CT molecular complexity index is 1160. The van der Waals surface area contributed by atoms with Crippen molar-refractivity contribution in [3.05, 3.63) is 23.3 Å². The molecule has 4 saturated carbocycles. The first-order chi connectivity index (χ1) is 19.9. The van der Waals surface area contributed by atoms with Gasteiger partial charge < -0.3 is 20.3 Å². The van der Waals surface area contributed by atoms with Gasteiger partial charge in [0, 0.05) is 5.54 Å². The molecule has 10 atom stereocenters. The molecule has 0 aromatic heterocycles. The van der Waals surface area contributed by atoms with Crippen LogP contribution in [0.1, 0.15) is 118 Å². The molecule has 5 fully saturated rings. The quantitative estimate of drug-likeness (QED) is 0.308. The molecule has 7 rings (SSSR count). The first-order valence-electron chi connectivity index (χ1n) is 17.6. The van der Waals surface area contributed by atoms with Crippen LogP contribution in [-0.2, 0) is 9.53 Å². The van der Waals surface area contributed by atoms with Crippen LogP contribution in [0.4, 0.5) is 0 Å². The summed E-state index contributed by atoms with van der Waals surface area (Å²) in [5, 5.41) is 24.2. The lowest BCUT2D eigenvalue weighted by Gasteiger charge is -2.71. The fraction of sp³-hybridized carbons (Fsp3) is 0.865. The van der Waals surface area contributed by atoms with Gasteiger partial charge in [0.15, 0.2) is 0 Å². The lowest BCUT2D eigenvalue weighted by Crippen LogP contribution is -2.67. The van der Waals surface area contributed by atoms with Crippen LogP contribution in [0.2, 0.25) is 0 Å². The normalized spacial score (nSPS) is 49.4. The van der Waals surface area contributed by atoms with Gasteiger partial charge in [0.2, 0.25) is 0 Å². The first-order valence-corrected chi connectivity index (χ1v) is 17.6. The minimum Gasteiger partial charge on any atom is -0.481 e. The van der Waals surface area contributed by atoms with Gasteiger partial charge in [0.05, 0.1) is 19.1 Å². The molecule has 3 N–H and O–H groups in total. The maximum absolute atomic E-state index is 11.5. The largest absolute Gasteiger partial charge is 0.481 e. The zero-order valence-corrected chi connectivity index (χ0v) is 26.9. The van der Waals surface area contributed by atoms with Crippen molar-refractivity contribution in [1.82, 2.24) is 5.32 Å². The summed E-state index contributed by atoms with van der Waals surface area (Å²) in [6.45, 7) is 12.5. The average molecular weight is 580 g/mol. The minimum absolute atomic E-state index is 0.196. The fourth-order valence-electron chi connectivity index (χ4n) is 12.9. The molecule has 5 nitrogen and oxygen atoms in total. The molecule has 1 aliphatic heterocycles. The smallest absolute Gasteiger partial charge is 0.306 e. The predicted octanol–water partition coefficient (Wildman–Crippen LogP) is 7.29. The van der Waals surface area contributed by atoms with Gasteiger partial charge in [0.1, 0.15) is 5.60 Å². The molecule has 0 spiro atoms. The van der Waals surface area contributed by atoms with Gasteiger partial charge in [-0.05, 0) is 147 Å². The van der Waals surface area contributed by atoms with Crippen LogP contribution >= 0.6 is 0 Å². The molecule has 0 radical (unpaired) electrons. The number of hydrogen-bond acceptors (Lipinski definition) is 4. The molecule has 5 heteroatoms. The van der Waals surface area contributed by atoms with E-state index in [1.54, 1.807) is 5.57 Å². The van der Waals surface area contributed by atoms with Crippen LogP contribution < -0.4 is 5.32 Å². The molecular formula is C37H57NO4. The standard InChI is InChI=1S/C37H57NO4/c1-24-27(25-7-9-26(10-8-25)32(39)40)13-16-33(2)28(24)14-17-35(4)31(33)12-11-29-30-6-5-15-37(30,19-18-34(29,35)3)38-21-20-36(41)22-42-23-36/h7,13,24,26,28-31,38,41H,5-6,8-12,14-23H2,1-4H3,(H,39,40)/t24?,26?,28?,29?,30?,31?,33?,34-,35-,37?/m1/s1. The molecule has 0 aromatic rings. The third-order valence-corrected chi connectivity index (χ3v) is 15.5. The summed E-state index contributed by atoms with van der Waals surface area (Å²) in [5.74, 6) is 2.83. The number of rotatable bonds is 6. The van der Waals surface area contributed by atoms with Crippen molar-refractivity contribution in [1.29, 1.82) is 0 Å². The molecule has 0 bridgehead atoms. The van der Waals surface area contributed by atoms with E-state index in [9.17, 15) is 15.0 Å².